The van der Waals surface area contributed by atoms with E-state index >= 15 is 0 Å². The average molecular weight is 233 g/mol. The number of hydrogen-bond acceptors (Lipinski definition) is 1. The van der Waals surface area contributed by atoms with Crippen LogP contribution >= 0.6 is 11.6 Å². The van der Waals surface area contributed by atoms with Crippen LogP contribution < -0.4 is 0 Å². The van der Waals surface area contributed by atoms with Crippen molar-refractivity contribution < 1.29 is 5.11 Å². The van der Waals surface area contributed by atoms with E-state index in [4.69, 9.17) is 11.6 Å². The van der Waals surface area contributed by atoms with Crippen LogP contribution in [0.4, 0.5) is 0 Å². The van der Waals surface area contributed by atoms with E-state index in [0.717, 1.165) is 16.7 Å². The Morgan fingerprint density at radius 1 is 1.12 bits per heavy atom. The molecule has 16 heavy (non-hydrogen) atoms. The summed E-state index contributed by atoms with van der Waals surface area (Å²) in [6.07, 6.45) is 0. The van der Waals surface area contributed by atoms with Crippen molar-refractivity contribution in [2.45, 2.75) is 13.5 Å². The number of aliphatic hydroxyl groups excluding tert-OH is 1. The van der Waals surface area contributed by atoms with Gasteiger partial charge in [0, 0.05) is 5.02 Å². The Kier molecular flexibility index (Phi) is 3.28. The molecule has 2 rings (SSSR count). The third kappa shape index (κ3) is 2.26. The largest absolute Gasteiger partial charge is 0.392 e. The Morgan fingerprint density at radius 2 is 1.94 bits per heavy atom. The van der Waals surface area contributed by atoms with E-state index in [1.54, 1.807) is 6.07 Å². The van der Waals surface area contributed by atoms with Crippen molar-refractivity contribution in [2.24, 2.45) is 0 Å². The molecule has 1 nitrogen and oxygen atoms in total. The van der Waals surface area contributed by atoms with Gasteiger partial charge in [-0.15, -0.1) is 0 Å². The molecular formula is C14H13ClO. The molecule has 0 saturated heterocycles. The lowest BCUT2D eigenvalue weighted by Crippen LogP contribution is -1.89. The van der Waals surface area contributed by atoms with E-state index < -0.39 is 0 Å². The van der Waals surface area contributed by atoms with Gasteiger partial charge in [0.05, 0.1) is 6.61 Å². The summed E-state index contributed by atoms with van der Waals surface area (Å²) in [5.41, 5.74) is 4.18. The topological polar surface area (TPSA) is 20.2 Å². The molecule has 0 bridgehead atoms. The van der Waals surface area contributed by atoms with E-state index in [0.29, 0.717) is 5.02 Å². The fourth-order valence-electron chi connectivity index (χ4n) is 1.77. The molecule has 0 unspecified atom stereocenters. The Bertz CT molecular complexity index is 506. The van der Waals surface area contributed by atoms with Crippen molar-refractivity contribution in [3.8, 4) is 11.1 Å². The van der Waals surface area contributed by atoms with Gasteiger partial charge in [-0.2, -0.15) is 0 Å². The summed E-state index contributed by atoms with van der Waals surface area (Å²) in [6, 6.07) is 13.7. The molecule has 0 fully saturated rings. The van der Waals surface area contributed by atoms with E-state index in [1.807, 2.05) is 37.3 Å². The molecular weight excluding hydrogens is 220 g/mol. The fourth-order valence-corrected chi connectivity index (χ4v) is 1.94. The quantitative estimate of drug-likeness (QED) is 0.835. The van der Waals surface area contributed by atoms with Gasteiger partial charge in [0.25, 0.3) is 0 Å². The average Bonchev–Trinajstić information content (AvgIpc) is 2.29. The lowest BCUT2D eigenvalue weighted by Gasteiger charge is -2.08. The highest BCUT2D eigenvalue weighted by atomic mass is 35.5. The summed E-state index contributed by atoms with van der Waals surface area (Å²) in [7, 11) is 0. The van der Waals surface area contributed by atoms with Gasteiger partial charge in [0.15, 0.2) is 0 Å². The molecule has 0 saturated carbocycles. The maximum Gasteiger partial charge on any atom is 0.0687 e. The number of hydrogen-bond donors (Lipinski definition) is 1. The van der Waals surface area contributed by atoms with E-state index in [9.17, 15) is 5.11 Å². The first-order valence-electron chi connectivity index (χ1n) is 5.17. The van der Waals surface area contributed by atoms with Crippen LogP contribution in [-0.2, 0) is 6.61 Å². The summed E-state index contributed by atoms with van der Waals surface area (Å²) >= 11 is 5.98. The summed E-state index contributed by atoms with van der Waals surface area (Å²) in [4.78, 5) is 0. The van der Waals surface area contributed by atoms with Gasteiger partial charge in [-0.1, -0.05) is 47.5 Å². The lowest BCUT2D eigenvalue weighted by atomic mass is 9.99. The highest BCUT2D eigenvalue weighted by Gasteiger charge is 2.05. The van der Waals surface area contributed by atoms with E-state index in [1.165, 1.54) is 5.56 Å². The molecule has 0 heterocycles. The minimum absolute atomic E-state index is 0.0282. The highest BCUT2D eigenvalue weighted by molar-refractivity contribution is 6.30. The van der Waals surface area contributed by atoms with Gasteiger partial charge in [0.2, 0.25) is 0 Å². The van der Waals surface area contributed by atoms with Gasteiger partial charge < -0.3 is 5.11 Å². The zero-order chi connectivity index (χ0) is 11.5. The molecule has 2 aromatic carbocycles. The molecule has 0 aliphatic rings. The van der Waals surface area contributed by atoms with Gasteiger partial charge >= 0.3 is 0 Å². The number of aryl methyl sites for hydroxylation is 1. The van der Waals surface area contributed by atoms with Crippen LogP contribution in [0.5, 0.6) is 0 Å². The molecule has 0 aliphatic heterocycles. The lowest BCUT2D eigenvalue weighted by molar-refractivity contribution is 0.282. The molecule has 0 radical (unpaired) electrons. The van der Waals surface area contributed by atoms with Crippen LogP contribution in [-0.4, -0.2) is 5.11 Å². The second-order valence-electron chi connectivity index (χ2n) is 3.83. The molecule has 2 heteroatoms. The van der Waals surface area contributed by atoms with E-state index in [-0.39, 0.29) is 6.61 Å². The third-order valence-corrected chi connectivity index (χ3v) is 2.81. The first-order chi connectivity index (χ1) is 7.70. The normalized spacial score (nSPS) is 10.4. The Morgan fingerprint density at radius 3 is 2.62 bits per heavy atom. The monoisotopic (exact) mass is 232 g/mol. The first kappa shape index (κ1) is 11.2. The van der Waals surface area contributed by atoms with Crippen LogP contribution in [0.3, 0.4) is 0 Å². The summed E-state index contributed by atoms with van der Waals surface area (Å²) in [6.45, 7) is 2.08. The standard InChI is InChI=1S/C14H13ClO/c1-10-3-2-4-11(7-10)14-8-13(15)6-5-12(14)9-16/h2-8,16H,9H2,1H3. The van der Waals surface area contributed by atoms with Crippen LogP contribution in [0.2, 0.25) is 5.02 Å². The molecule has 2 aromatic rings. The number of halogens is 1. The third-order valence-electron chi connectivity index (χ3n) is 2.57. The second kappa shape index (κ2) is 4.69. The van der Waals surface area contributed by atoms with Crippen molar-refractivity contribution in [2.75, 3.05) is 0 Å². The van der Waals surface area contributed by atoms with Gasteiger partial charge in [-0.3, -0.25) is 0 Å². The molecule has 1 N–H and O–H groups in total. The fraction of sp³-hybridized carbons (Fsp3) is 0.143. The molecule has 0 aliphatic carbocycles. The van der Waals surface area contributed by atoms with Gasteiger partial charge in [0.1, 0.15) is 0 Å². The highest BCUT2D eigenvalue weighted by Crippen LogP contribution is 2.27. The zero-order valence-electron chi connectivity index (χ0n) is 9.07. The predicted molar refractivity (Wildman–Crippen MR) is 67.5 cm³/mol. The Labute approximate surface area is 100 Å². The van der Waals surface area contributed by atoms with Crippen LogP contribution in [0.1, 0.15) is 11.1 Å². The number of rotatable bonds is 2. The molecule has 0 amide bonds. The van der Waals surface area contributed by atoms with Crippen molar-refractivity contribution >= 4 is 11.6 Å². The first-order valence-corrected chi connectivity index (χ1v) is 5.55. The second-order valence-corrected chi connectivity index (χ2v) is 4.27. The maximum atomic E-state index is 9.30. The number of aliphatic hydroxyl groups is 1. The van der Waals surface area contributed by atoms with Crippen molar-refractivity contribution in [1.29, 1.82) is 0 Å². The summed E-state index contributed by atoms with van der Waals surface area (Å²) in [5.74, 6) is 0. The van der Waals surface area contributed by atoms with Crippen molar-refractivity contribution in [1.82, 2.24) is 0 Å². The van der Waals surface area contributed by atoms with Crippen molar-refractivity contribution in [3.05, 3.63) is 58.6 Å². The SMILES string of the molecule is Cc1cccc(-c2cc(Cl)ccc2CO)c1. The number of benzene rings is 2. The van der Waals surface area contributed by atoms with Gasteiger partial charge in [-0.05, 0) is 35.7 Å². The van der Waals surface area contributed by atoms with Gasteiger partial charge in [-0.25, -0.2) is 0 Å². The Hall–Kier alpha value is -1.31. The minimum atomic E-state index is 0.0282. The minimum Gasteiger partial charge on any atom is -0.392 e. The molecule has 0 atom stereocenters. The molecule has 82 valence electrons. The van der Waals surface area contributed by atoms with Crippen LogP contribution in [0.15, 0.2) is 42.5 Å². The molecule has 0 spiro atoms. The summed E-state index contributed by atoms with van der Waals surface area (Å²) in [5, 5.41) is 9.99. The van der Waals surface area contributed by atoms with Crippen LogP contribution in [0, 0.1) is 6.92 Å². The van der Waals surface area contributed by atoms with E-state index in [2.05, 4.69) is 6.07 Å². The smallest absolute Gasteiger partial charge is 0.0687 e. The predicted octanol–water partition coefficient (Wildman–Crippen LogP) is 3.81. The van der Waals surface area contributed by atoms with Crippen molar-refractivity contribution in [3.63, 3.8) is 0 Å². The maximum absolute atomic E-state index is 9.30. The Balaban J connectivity index is 2.58. The summed E-state index contributed by atoms with van der Waals surface area (Å²) < 4.78 is 0. The van der Waals surface area contributed by atoms with Crippen LogP contribution in [0.25, 0.3) is 11.1 Å². The molecule has 0 aromatic heterocycles. The zero-order valence-corrected chi connectivity index (χ0v) is 9.83.